The normalized spacial score (nSPS) is 11.1. The van der Waals surface area contributed by atoms with Gasteiger partial charge in [0.15, 0.2) is 40.7 Å². The maximum absolute atomic E-state index is 14.6. The molecule has 0 spiro atoms. The molecule has 3 aromatic carbocycles. The predicted octanol–water partition coefficient (Wildman–Crippen LogP) is 6.95. The highest BCUT2D eigenvalue weighted by molar-refractivity contribution is 5.73. The fourth-order valence-corrected chi connectivity index (χ4v) is 2.97. The molecule has 0 amide bonds. The van der Waals surface area contributed by atoms with Crippen molar-refractivity contribution in [3.8, 4) is 22.3 Å². The van der Waals surface area contributed by atoms with Crippen LogP contribution in [-0.4, -0.2) is 0 Å². The molecule has 0 fully saturated rings. The zero-order chi connectivity index (χ0) is 20.6. The van der Waals surface area contributed by atoms with Crippen molar-refractivity contribution < 1.29 is 30.7 Å². The lowest BCUT2D eigenvalue weighted by molar-refractivity contribution is 0.445. The van der Waals surface area contributed by atoms with Crippen LogP contribution < -0.4 is 0 Å². The Morgan fingerprint density at radius 2 is 1.00 bits per heavy atom. The number of aryl methyl sites for hydroxylation is 1. The first-order valence-corrected chi connectivity index (χ1v) is 8.36. The second kappa shape index (κ2) is 7.66. The van der Waals surface area contributed by atoms with E-state index in [0.29, 0.717) is 6.42 Å². The minimum atomic E-state index is -1.87. The van der Waals surface area contributed by atoms with Gasteiger partial charge in [-0.3, -0.25) is 0 Å². The topological polar surface area (TPSA) is 0 Å². The van der Waals surface area contributed by atoms with E-state index >= 15 is 0 Å². The van der Waals surface area contributed by atoms with Gasteiger partial charge < -0.3 is 0 Å². The van der Waals surface area contributed by atoms with E-state index in [0.717, 1.165) is 12.0 Å². The molecule has 0 aliphatic rings. The number of halogens is 7. The van der Waals surface area contributed by atoms with Crippen molar-refractivity contribution in [1.29, 1.82) is 0 Å². The molecule has 0 saturated carbocycles. The Morgan fingerprint density at radius 3 is 1.43 bits per heavy atom. The van der Waals surface area contributed by atoms with Crippen molar-refractivity contribution in [3.63, 3.8) is 0 Å². The fourth-order valence-electron chi connectivity index (χ4n) is 2.97. The van der Waals surface area contributed by atoms with Gasteiger partial charge in [-0.2, -0.15) is 0 Å². The molecule has 0 nitrogen and oxygen atoms in total. The summed E-state index contributed by atoms with van der Waals surface area (Å²) in [7, 11) is 0. The lowest BCUT2D eigenvalue weighted by Crippen LogP contribution is -2.04. The van der Waals surface area contributed by atoms with Gasteiger partial charge in [0, 0.05) is 0 Å². The van der Waals surface area contributed by atoms with Gasteiger partial charge in [0.1, 0.15) is 0 Å². The van der Waals surface area contributed by atoms with Gasteiger partial charge in [0.05, 0.1) is 11.1 Å². The van der Waals surface area contributed by atoms with E-state index in [-0.39, 0.29) is 17.7 Å². The molecule has 0 aromatic heterocycles. The Hall–Kier alpha value is -2.83. The standard InChI is InChI=1S/C21H13F7/c1-2-3-10-4-6-11(7-5-10)15-18(25)20(27)16(21(28)19(15)26)12-8-13(22)17(24)14(23)9-12/h4-9H,2-3H2,1H3. The van der Waals surface area contributed by atoms with Crippen LogP contribution >= 0.6 is 0 Å². The quantitative estimate of drug-likeness (QED) is 0.254. The van der Waals surface area contributed by atoms with Crippen LogP contribution in [0.4, 0.5) is 30.7 Å². The van der Waals surface area contributed by atoms with Crippen LogP contribution in [0.1, 0.15) is 18.9 Å². The van der Waals surface area contributed by atoms with Crippen molar-refractivity contribution >= 4 is 0 Å². The van der Waals surface area contributed by atoms with E-state index in [1.807, 2.05) is 6.92 Å². The molecule has 0 N–H and O–H groups in total. The van der Waals surface area contributed by atoms with Crippen LogP contribution in [0.2, 0.25) is 0 Å². The Labute approximate surface area is 156 Å². The summed E-state index contributed by atoms with van der Waals surface area (Å²) in [6.45, 7) is 1.94. The van der Waals surface area contributed by atoms with Gasteiger partial charge in [-0.05, 0) is 35.2 Å². The Balaban J connectivity index is 2.20. The third kappa shape index (κ3) is 3.37. The molecule has 0 heterocycles. The Kier molecular flexibility index (Phi) is 5.45. The van der Waals surface area contributed by atoms with E-state index in [9.17, 15) is 30.7 Å². The molecule has 0 unspecified atom stereocenters. The minimum Gasteiger partial charge on any atom is -0.204 e. The average Bonchev–Trinajstić information content (AvgIpc) is 2.66. The third-order valence-electron chi connectivity index (χ3n) is 4.32. The van der Waals surface area contributed by atoms with Crippen LogP contribution in [-0.2, 0) is 6.42 Å². The summed E-state index contributed by atoms with van der Waals surface area (Å²) in [6, 6.07) is 6.32. The lowest BCUT2D eigenvalue weighted by Gasteiger charge is -2.13. The summed E-state index contributed by atoms with van der Waals surface area (Å²) in [5.41, 5.74) is -2.35. The van der Waals surface area contributed by atoms with Crippen LogP contribution in [0, 0.1) is 40.7 Å². The molecule has 146 valence electrons. The van der Waals surface area contributed by atoms with Gasteiger partial charge in [-0.1, -0.05) is 37.6 Å². The first kappa shape index (κ1) is 19.9. The molecular formula is C21H13F7. The van der Waals surface area contributed by atoms with Crippen molar-refractivity contribution in [3.05, 3.63) is 82.7 Å². The average molecular weight is 398 g/mol. The summed E-state index contributed by atoms with van der Waals surface area (Å²) in [6.07, 6.45) is 1.55. The Bertz CT molecular complexity index is 988. The molecule has 0 aliphatic carbocycles. The van der Waals surface area contributed by atoms with Crippen LogP contribution in [0.25, 0.3) is 22.3 Å². The first-order chi connectivity index (χ1) is 13.3. The minimum absolute atomic E-state index is 0.101. The third-order valence-corrected chi connectivity index (χ3v) is 4.32. The molecule has 0 bridgehead atoms. The highest BCUT2D eigenvalue weighted by atomic mass is 19.2. The second-order valence-corrected chi connectivity index (χ2v) is 6.21. The second-order valence-electron chi connectivity index (χ2n) is 6.21. The maximum atomic E-state index is 14.6. The largest absolute Gasteiger partial charge is 0.204 e. The summed E-state index contributed by atoms with van der Waals surface area (Å²) >= 11 is 0. The first-order valence-electron chi connectivity index (χ1n) is 8.36. The van der Waals surface area contributed by atoms with E-state index in [4.69, 9.17) is 0 Å². The molecule has 0 aliphatic heterocycles. The van der Waals surface area contributed by atoms with E-state index in [1.54, 1.807) is 12.1 Å². The molecule has 0 saturated heterocycles. The Morgan fingerprint density at radius 1 is 0.571 bits per heavy atom. The number of benzene rings is 3. The maximum Gasteiger partial charge on any atom is 0.194 e. The highest BCUT2D eigenvalue weighted by Gasteiger charge is 2.28. The van der Waals surface area contributed by atoms with E-state index < -0.39 is 57.4 Å². The molecule has 3 rings (SSSR count). The van der Waals surface area contributed by atoms with E-state index in [1.165, 1.54) is 12.1 Å². The number of hydrogen-bond acceptors (Lipinski definition) is 0. The smallest absolute Gasteiger partial charge is 0.194 e. The highest BCUT2D eigenvalue weighted by Crippen LogP contribution is 2.37. The van der Waals surface area contributed by atoms with Crippen molar-refractivity contribution in [1.82, 2.24) is 0 Å². The monoisotopic (exact) mass is 398 g/mol. The summed E-state index contributed by atoms with van der Waals surface area (Å²) in [4.78, 5) is 0. The van der Waals surface area contributed by atoms with Crippen LogP contribution in [0.3, 0.4) is 0 Å². The molecule has 28 heavy (non-hydrogen) atoms. The van der Waals surface area contributed by atoms with Gasteiger partial charge in [0.25, 0.3) is 0 Å². The summed E-state index contributed by atoms with van der Waals surface area (Å²) in [5.74, 6) is -12.5. The molecular weight excluding hydrogens is 385 g/mol. The van der Waals surface area contributed by atoms with Gasteiger partial charge in [-0.15, -0.1) is 0 Å². The molecule has 3 aromatic rings. The lowest BCUT2D eigenvalue weighted by atomic mass is 9.96. The number of hydrogen-bond donors (Lipinski definition) is 0. The summed E-state index contributed by atoms with van der Waals surface area (Å²) in [5, 5.41) is 0. The van der Waals surface area contributed by atoms with E-state index in [2.05, 4.69) is 0 Å². The van der Waals surface area contributed by atoms with Crippen molar-refractivity contribution in [2.24, 2.45) is 0 Å². The molecule has 0 atom stereocenters. The van der Waals surface area contributed by atoms with Crippen molar-refractivity contribution in [2.75, 3.05) is 0 Å². The molecule has 0 radical (unpaired) electrons. The van der Waals surface area contributed by atoms with Crippen molar-refractivity contribution in [2.45, 2.75) is 19.8 Å². The number of rotatable bonds is 4. The van der Waals surface area contributed by atoms with Crippen LogP contribution in [0.15, 0.2) is 36.4 Å². The van der Waals surface area contributed by atoms with Gasteiger partial charge in [0.2, 0.25) is 0 Å². The zero-order valence-electron chi connectivity index (χ0n) is 14.5. The molecule has 7 heteroatoms. The van der Waals surface area contributed by atoms with Crippen LogP contribution in [0.5, 0.6) is 0 Å². The van der Waals surface area contributed by atoms with Gasteiger partial charge in [-0.25, -0.2) is 30.7 Å². The van der Waals surface area contributed by atoms with Gasteiger partial charge >= 0.3 is 0 Å². The fraction of sp³-hybridized carbons (Fsp3) is 0.143. The SMILES string of the molecule is CCCc1ccc(-c2c(F)c(F)c(-c3cc(F)c(F)c(F)c3)c(F)c2F)cc1. The predicted molar refractivity (Wildman–Crippen MR) is 91.0 cm³/mol. The summed E-state index contributed by atoms with van der Waals surface area (Å²) < 4.78 is 98.0. The zero-order valence-corrected chi connectivity index (χ0v) is 14.5.